The lowest BCUT2D eigenvalue weighted by Gasteiger charge is -2.31. The molecule has 3 nitrogen and oxygen atoms in total. The van der Waals surface area contributed by atoms with E-state index in [-0.39, 0.29) is 23.7 Å². The Morgan fingerprint density at radius 1 is 1.50 bits per heavy atom. The first kappa shape index (κ1) is 15.0. The fourth-order valence-electron chi connectivity index (χ4n) is 2.77. The Morgan fingerprint density at radius 2 is 2.25 bits per heavy atom. The van der Waals surface area contributed by atoms with Crippen LogP contribution in [0.4, 0.5) is 4.39 Å². The van der Waals surface area contributed by atoms with Crippen molar-refractivity contribution in [1.82, 2.24) is 10.6 Å². The number of halogens is 1. The van der Waals surface area contributed by atoms with Crippen LogP contribution in [0, 0.1) is 5.82 Å². The highest BCUT2D eigenvalue weighted by molar-refractivity contribution is 5.77. The molecule has 1 aromatic rings. The predicted molar refractivity (Wildman–Crippen MR) is 78.1 cm³/mol. The summed E-state index contributed by atoms with van der Waals surface area (Å²) in [5.41, 5.74) is 0.609. The highest BCUT2D eigenvalue weighted by atomic mass is 19.1. The van der Waals surface area contributed by atoms with Crippen molar-refractivity contribution in [1.29, 1.82) is 0 Å². The molecule has 3 atom stereocenters. The molecule has 3 unspecified atom stereocenters. The van der Waals surface area contributed by atoms with Crippen molar-refractivity contribution in [2.75, 3.05) is 6.54 Å². The SMILES string of the molecule is CC(CC(=O)NC1CCCNC1C)c1ccccc1F. The molecule has 0 saturated carbocycles. The molecular formula is C16H23FN2O. The van der Waals surface area contributed by atoms with E-state index < -0.39 is 0 Å². The van der Waals surface area contributed by atoms with Gasteiger partial charge < -0.3 is 10.6 Å². The number of hydrogen-bond donors (Lipinski definition) is 2. The van der Waals surface area contributed by atoms with Gasteiger partial charge in [0.15, 0.2) is 0 Å². The van der Waals surface area contributed by atoms with E-state index in [0.29, 0.717) is 18.0 Å². The molecule has 110 valence electrons. The molecule has 0 radical (unpaired) electrons. The molecule has 1 fully saturated rings. The lowest BCUT2D eigenvalue weighted by Crippen LogP contribution is -2.52. The third-order valence-electron chi connectivity index (χ3n) is 4.04. The normalized spacial score (nSPS) is 24.1. The summed E-state index contributed by atoms with van der Waals surface area (Å²) in [6.45, 7) is 4.99. The summed E-state index contributed by atoms with van der Waals surface area (Å²) in [5, 5.41) is 6.42. The van der Waals surface area contributed by atoms with Gasteiger partial charge in [-0.2, -0.15) is 0 Å². The number of rotatable bonds is 4. The van der Waals surface area contributed by atoms with Crippen LogP contribution in [0.15, 0.2) is 24.3 Å². The Kier molecular flexibility index (Phi) is 5.12. The van der Waals surface area contributed by atoms with Crippen LogP contribution in [-0.4, -0.2) is 24.5 Å². The van der Waals surface area contributed by atoms with Gasteiger partial charge in [0, 0.05) is 18.5 Å². The predicted octanol–water partition coefficient (Wildman–Crippen LogP) is 2.58. The molecule has 1 aromatic carbocycles. The molecule has 1 aliphatic heterocycles. The summed E-state index contributed by atoms with van der Waals surface area (Å²) in [6.07, 6.45) is 2.41. The molecule has 0 bridgehead atoms. The number of carbonyl (C=O) groups excluding carboxylic acids is 1. The van der Waals surface area contributed by atoms with Crippen LogP contribution in [0.1, 0.15) is 44.6 Å². The van der Waals surface area contributed by atoms with E-state index in [1.807, 2.05) is 6.92 Å². The number of nitrogens with one attached hydrogen (secondary N) is 2. The Hall–Kier alpha value is -1.42. The minimum absolute atomic E-state index is 0.00121. The van der Waals surface area contributed by atoms with Gasteiger partial charge in [-0.3, -0.25) is 4.79 Å². The van der Waals surface area contributed by atoms with Crippen LogP contribution < -0.4 is 10.6 Å². The standard InChI is InChI=1S/C16H23FN2O/c1-11(13-6-3-4-7-14(13)17)10-16(20)19-15-8-5-9-18-12(15)2/h3-4,6-7,11-12,15,18H,5,8-10H2,1-2H3,(H,19,20). The average molecular weight is 278 g/mol. The van der Waals surface area contributed by atoms with Crippen molar-refractivity contribution in [3.05, 3.63) is 35.6 Å². The van der Waals surface area contributed by atoms with E-state index in [2.05, 4.69) is 17.6 Å². The van der Waals surface area contributed by atoms with E-state index in [1.54, 1.807) is 18.2 Å². The van der Waals surface area contributed by atoms with E-state index in [4.69, 9.17) is 0 Å². The molecule has 0 spiro atoms. The number of amides is 1. The zero-order valence-corrected chi connectivity index (χ0v) is 12.2. The molecule has 2 N–H and O–H groups in total. The summed E-state index contributed by atoms with van der Waals surface area (Å²) in [5.74, 6) is -0.343. The minimum Gasteiger partial charge on any atom is -0.352 e. The summed E-state index contributed by atoms with van der Waals surface area (Å²) >= 11 is 0. The van der Waals surface area contributed by atoms with Gasteiger partial charge in [0.25, 0.3) is 0 Å². The molecular weight excluding hydrogens is 255 g/mol. The molecule has 4 heteroatoms. The van der Waals surface area contributed by atoms with Crippen LogP contribution in [0.5, 0.6) is 0 Å². The van der Waals surface area contributed by atoms with E-state index in [0.717, 1.165) is 19.4 Å². The largest absolute Gasteiger partial charge is 0.352 e. The Bertz CT molecular complexity index is 464. The maximum absolute atomic E-state index is 13.7. The smallest absolute Gasteiger partial charge is 0.220 e. The van der Waals surface area contributed by atoms with Gasteiger partial charge in [0.05, 0.1) is 0 Å². The van der Waals surface area contributed by atoms with Crippen LogP contribution in [0.25, 0.3) is 0 Å². The lowest BCUT2D eigenvalue weighted by atomic mass is 9.95. The Labute approximate surface area is 120 Å². The van der Waals surface area contributed by atoms with Gasteiger partial charge in [0.1, 0.15) is 5.82 Å². The van der Waals surface area contributed by atoms with Crippen molar-refractivity contribution in [3.8, 4) is 0 Å². The first-order valence-electron chi connectivity index (χ1n) is 7.35. The summed E-state index contributed by atoms with van der Waals surface area (Å²) in [7, 11) is 0. The second kappa shape index (κ2) is 6.84. The highest BCUT2D eigenvalue weighted by Gasteiger charge is 2.23. The van der Waals surface area contributed by atoms with Crippen molar-refractivity contribution in [3.63, 3.8) is 0 Å². The number of carbonyl (C=O) groups is 1. The molecule has 20 heavy (non-hydrogen) atoms. The molecule has 1 amide bonds. The van der Waals surface area contributed by atoms with Gasteiger partial charge in [0.2, 0.25) is 5.91 Å². The van der Waals surface area contributed by atoms with Crippen LogP contribution in [-0.2, 0) is 4.79 Å². The third kappa shape index (κ3) is 3.79. The minimum atomic E-state index is -0.236. The molecule has 0 aliphatic carbocycles. The summed E-state index contributed by atoms with van der Waals surface area (Å²) in [4.78, 5) is 12.1. The Balaban J connectivity index is 1.89. The van der Waals surface area contributed by atoms with Crippen LogP contribution in [0.2, 0.25) is 0 Å². The Morgan fingerprint density at radius 3 is 2.95 bits per heavy atom. The maximum atomic E-state index is 13.7. The fourth-order valence-corrected chi connectivity index (χ4v) is 2.77. The number of hydrogen-bond acceptors (Lipinski definition) is 2. The van der Waals surface area contributed by atoms with Crippen molar-refractivity contribution in [2.45, 2.75) is 51.1 Å². The topological polar surface area (TPSA) is 41.1 Å². The van der Waals surface area contributed by atoms with Gasteiger partial charge in [-0.1, -0.05) is 25.1 Å². The van der Waals surface area contributed by atoms with Crippen molar-refractivity contribution >= 4 is 5.91 Å². The van der Waals surface area contributed by atoms with Crippen molar-refractivity contribution in [2.24, 2.45) is 0 Å². The van der Waals surface area contributed by atoms with Gasteiger partial charge in [-0.15, -0.1) is 0 Å². The average Bonchev–Trinajstić information content (AvgIpc) is 2.41. The zero-order chi connectivity index (χ0) is 14.5. The second-order valence-corrected chi connectivity index (χ2v) is 5.69. The monoisotopic (exact) mass is 278 g/mol. The molecule has 2 rings (SSSR count). The lowest BCUT2D eigenvalue weighted by molar-refractivity contribution is -0.122. The maximum Gasteiger partial charge on any atom is 0.220 e. The quantitative estimate of drug-likeness (QED) is 0.889. The molecule has 1 heterocycles. The van der Waals surface area contributed by atoms with Gasteiger partial charge >= 0.3 is 0 Å². The van der Waals surface area contributed by atoms with Crippen LogP contribution >= 0.6 is 0 Å². The molecule has 0 aromatic heterocycles. The fraction of sp³-hybridized carbons (Fsp3) is 0.562. The first-order valence-corrected chi connectivity index (χ1v) is 7.35. The van der Waals surface area contributed by atoms with E-state index in [1.165, 1.54) is 6.07 Å². The molecule has 1 aliphatic rings. The van der Waals surface area contributed by atoms with E-state index in [9.17, 15) is 9.18 Å². The summed E-state index contributed by atoms with van der Waals surface area (Å²) in [6, 6.07) is 7.15. The third-order valence-corrected chi connectivity index (χ3v) is 4.04. The van der Waals surface area contributed by atoms with Crippen LogP contribution in [0.3, 0.4) is 0 Å². The van der Waals surface area contributed by atoms with Gasteiger partial charge in [-0.25, -0.2) is 4.39 Å². The zero-order valence-electron chi connectivity index (χ0n) is 12.2. The first-order chi connectivity index (χ1) is 9.58. The molecule has 1 saturated heterocycles. The number of piperidine rings is 1. The van der Waals surface area contributed by atoms with E-state index >= 15 is 0 Å². The summed E-state index contributed by atoms with van der Waals surface area (Å²) < 4.78 is 13.7. The highest BCUT2D eigenvalue weighted by Crippen LogP contribution is 2.22. The number of benzene rings is 1. The second-order valence-electron chi connectivity index (χ2n) is 5.69. The van der Waals surface area contributed by atoms with Crippen molar-refractivity contribution < 1.29 is 9.18 Å². The van der Waals surface area contributed by atoms with Gasteiger partial charge in [-0.05, 0) is 43.9 Å².